The van der Waals surface area contributed by atoms with E-state index in [1.54, 1.807) is 0 Å². The fourth-order valence-corrected chi connectivity index (χ4v) is 3.01. The summed E-state index contributed by atoms with van der Waals surface area (Å²) in [6.45, 7) is 2.26. The second-order valence-corrected chi connectivity index (χ2v) is 6.40. The van der Waals surface area contributed by atoms with E-state index in [1.807, 2.05) is 56.3 Å². The number of fused-ring (bicyclic) bond motifs is 1. The second kappa shape index (κ2) is 6.29. The molecule has 3 rings (SSSR count). The number of benzene rings is 1. The van der Waals surface area contributed by atoms with Crippen LogP contribution in [0.2, 0.25) is 0 Å². The topological polar surface area (TPSA) is 71.0 Å². The van der Waals surface area contributed by atoms with Gasteiger partial charge in [-0.15, -0.1) is 11.3 Å². The zero-order chi connectivity index (χ0) is 16.4. The van der Waals surface area contributed by atoms with Crippen LogP contribution >= 0.6 is 11.3 Å². The minimum atomic E-state index is -0.186. The van der Waals surface area contributed by atoms with Crippen molar-refractivity contribution in [3.63, 3.8) is 0 Å². The predicted octanol–water partition coefficient (Wildman–Crippen LogP) is 2.39. The molecule has 0 aliphatic carbocycles. The Bertz CT molecular complexity index is 826. The normalized spacial score (nSPS) is 10.7. The molecule has 23 heavy (non-hydrogen) atoms. The van der Waals surface area contributed by atoms with Crippen molar-refractivity contribution >= 4 is 33.4 Å². The van der Waals surface area contributed by atoms with Crippen LogP contribution in [0.25, 0.3) is 10.2 Å². The van der Waals surface area contributed by atoms with E-state index in [2.05, 4.69) is 20.3 Å². The van der Waals surface area contributed by atoms with Gasteiger partial charge in [-0.3, -0.25) is 4.79 Å². The van der Waals surface area contributed by atoms with Crippen molar-refractivity contribution in [1.29, 1.82) is 0 Å². The third kappa shape index (κ3) is 3.45. The summed E-state index contributed by atoms with van der Waals surface area (Å²) in [5.41, 5.74) is 2.49. The van der Waals surface area contributed by atoms with Gasteiger partial charge in [-0.25, -0.2) is 15.0 Å². The van der Waals surface area contributed by atoms with Crippen molar-refractivity contribution in [2.24, 2.45) is 0 Å². The number of amides is 1. The number of para-hydroxylation sites is 1. The molecular weight excluding hydrogens is 310 g/mol. The van der Waals surface area contributed by atoms with Crippen molar-refractivity contribution in [3.05, 3.63) is 46.7 Å². The van der Waals surface area contributed by atoms with E-state index >= 15 is 0 Å². The monoisotopic (exact) mass is 327 g/mol. The molecule has 2 heterocycles. The molecule has 0 fully saturated rings. The highest BCUT2D eigenvalue weighted by Gasteiger charge is 2.12. The number of hydrogen-bond donors (Lipinski definition) is 1. The molecule has 1 amide bonds. The fraction of sp³-hybridized carbons (Fsp3) is 0.250. The summed E-state index contributed by atoms with van der Waals surface area (Å²) in [4.78, 5) is 27.2. The van der Waals surface area contributed by atoms with Crippen LogP contribution in [0.5, 0.6) is 0 Å². The maximum absolute atomic E-state index is 12.3. The molecule has 0 aliphatic heterocycles. The number of thiazole rings is 1. The Morgan fingerprint density at radius 3 is 2.74 bits per heavy atom. The molecule has 0 bridgehead atoms. The Kier molecular flexibility index (Phi) is 4.20. The Morgan fingerprint density at radius 1 is 1.22 bits per heavy atom. The minimum absolute atomic E-state index is 0.186. The molecule has 0 spiro atoms. The standard InChI is InChI=1S/C16H17N5OS/c1-10-8-11(19-16(18-10)21(2)3)9-17-14(22)15-20-12-6-4-5-7-13(12)23-15/h4-8H,9H2,1-3H3,(H,17,22). The number of nitrogens with zero attached hydrogens (tertiary/aromatic N) is 4. The summed E-state index contributed by atoms with van der Waals surface area (Å²) in [7, 11) is 3.77. The van der Waals surface area contributed by atoms with E-state index in [-0.39, 0.29) is 5.91 Å². The molecule has 0 saturated heterocycles. The number of carbonyl (C=O) groups is 1. The smallest absolute Gasteiger partial charge is 0.280 e. The fourth-order valence-electron chi connectivity index (χ4n) is 2.12. The lowest BCUT2D eigenvalue weighted by atomic mass is 10.3. The van der Waals surface area contributed by atoms with Gasteiger partial charge < -0.3 is 10.2 Å². The maximum Gasteiger partial charge on any atom is 0.280 e. The highest BCUT2D eigenvalue weighted by Crippen LogP contribution is 2.21. The SMILES string of the molecule is Cc1cc(CNC(=O)c2nc3ccccc3s2)nc(N(C)C)n1. The molecule has 0 unspecified atom stereocenters. The molecule has 0 radical (unpaired) electrons. The van der Waals surface area contributed by atoms with Crippen LogP contribution in [-0.2, 0) is 6.54 Å². The van der Waals surface area contributed by atoms with Gasteiger partial charge in [0.25, 0.3) is 5.91 Å². The van der Waals surface area contributed by atoms with Gasteiger partial charge in [-0.05, 0) is 25.1 Å². The van der Waals surface area contributed by atoms with E-state index in [0.717, 1.165) is 21.6 Å². The summed E-state index contributed by atoms with van der Waals surface area (Å²) in [6, 6.07) is 9.58. The van der Waals surface area contributed by atoms with E-state index in [1.165, 1.54) is 11.3 Å². The number of aromatic nitrogens is 3. The summed E-state index contributed by atoms with van der Waals surface area (Å²) >= 11 is 1.39. The van der Waals surface area contributed by atoms with Crippen molar-refractivity contribution < 1.29 is 4.79 Å². The third-order valence-corrected chi connectivity index (χ3v) is 4.25. The van der Waals surface area contributed by atoms with Crippen molar-refractivity contribution in [3.8, 4) is 0 Å². The molecule has 0 atom stereocenters. The van der Waals surface area contributed by atoms with Gasteiger partial charge in [0.1, 0.15) is 0 Å². The molecule has 0 aliphatic rings. The average Bonchev–Trinajstić information content (AvgIpc) is 2.96. The highest BCUT2D eigenvalue weighted by atomic mass is 32.1. The van der Waals surface area contributed by atoms with Crippen molar-refractivity contribution in [2.75, 3.05) is 19.0 Å². The highest BCUT2D eigenvalue weighted by molar-refractivity contribution is 7.20. The van der Waals surface area contributed by atoms with E-state index in [9.17, 15) is 4.79 Å². The number of nitrogens with one attached hydrogen (secondary N) is 1. The van der Waals surface area contributed by atoms with Gasteiger partial charge in [0.2, 0.25) is 5.95 Å². The van der Waals surface area contributed by atoms with Crippen LogP contribution in [0.4, 0.5) is 5.95 Å². The Hall–Kier alpha value is -2.54. The van der Waals surface area contributed by atoms with Gasteiger partial charge >= 0.3 is 0 Å². The molecular formula is C16H17N5OS. The molecule has 2 aromatic heterocycles. The quantitative estimate of drug-likeness (QED) is 0.797. The second-order valence-electron chi connectivity index (χ2n) is 5.36. The number of anilines is 1. The van der Waals surface area contributed by atoms with Gasteiger partial charge in [0.15, 0.2) is 5.01 Å². The molecule has 0 saturated carbocycles. The summed E-state index contributed by atoms with van der Waals surface area (Å²) in [6.07, 6.45) is 0. The molecule has 6 nitrogen and oxygen atoms in total. The van der Waals surface area contributed by atoms with Gasteiger partial charge in [-0.2, -0.15) is 0 Å². The number of carbonyl (C=O) groups excluding carboxylic acids is 1. The molecule has 118 valence electrons. The molecule has 7 heteroatoms. The number of hydrogen-bond acceptors (Lipinski definition) is 6. The lowest BCUT2D eigenvalue weighted by Crippen LogP contribution is -2.24. The molecule has 3 aromatic rings. The van der Waals surface area contributed by atoms with Crippen LogP contribution in [0.15, 0.2) is 30.3 Å². The first-order valence-electron chi connectivity index (χ1n) is 7.18. The first-order valence-corrected chi connectivity index (χ1v) is 8.00. The number of aryl methyl sites for hydroxylation is 1. The Balaban J connectivity index is 1.73. The number of rotatable bonds is 4. The summed E-state index contributed by atoms with van der Waals surface area (Å²) in [5, 5.41) is 3.33. The van der Waals surface area contributed by atoms with Crippen molar-refractivity contribution in [2.45, 2.75) is 13.5 Å². The van der Waals surface area contributed by atoms with E-state index in [0.29, 0.717) is 17.5 Å². The van der Waals surface area contributed by atoms with Crippen LogP contribution in [-0.4, -0.2) is 35.0 Å². The molecule has 1 N–H and O–H groups in total. The third-order valence-electron chi connectivity index (χ3n) is 3.21. The first kappa shape index (κ1) is 15.4. The maximum atomic E-state index is 12.3. The lowest BCUT2D eigenvalue weighted by Gasteiger charge is -2.12. The van der Waals surface area contributed by atoms with Crippen LogP contribution in [0.1, 0.15) is 21.2 Å². The van der Waals surface area contributed by atoms with Crippen LogP contribution in [0.3, 0.4) is 0 Å². The minimum Gasteiger partial charge on any atom is -0.347 e. The van der Waals surface area contributed by atoms with Gasteiger partial charge in [-0.1, -0.05) is 12.1 Å². The Labute approximate surface area is 138 Å². The Morgan fingerprint density at radius 2 is 2.00 bits per heavy atom. The van der Waals surface area contributed by atoms with E-state index < -0.39 is 0 Å². The zero-order valence-corrected chi connectivity index (χ0v) is 14.0. The average molecular weight is 327 g/mol. The first-order chi connectivity index (χ1) is 11.0. The van der Waals surface area contributed by atoms with Gasteiger partial charge in [0, 0.05) is 19.8 Å². The lowest BCUT2D eigenvalue weighted by molar-refractivity contribution is 0.0950. The summed E-state index contributed by atoms with van der Waals surface area (Å²) in [5.74, 6) is 0.447. The summed E-state index contributed by atoms with van der Waals surface area (Å²) < 4.78 is 1.01. The predicted molar refractivity (Wildman–Crippen MR) is 91.9 cm³/mol. The van der Waals surface area contributed by atoms with Crippen LogP contribution < -0.4 is 10.2 Å². The zero-order valence-electron chi connectivity index (χ0n) is 13.2. The van der Waals surface area contributed by atoms with E-state index in [4.69, 9.17) is 0 Å². The van der Waals surface area contributed by atoms with Gasteiger partial charge in [0.05, 0.1) is 22.5 Å². The largest absolute Gasteiger partial charge is 0.347 e. The van der Waals surface area contributed by atoms with Crippen LogP contribution in [0, 0.1) is 6.92 Å². The molecule has 1 aromatic carbocycles. The van der Waals surface area contributed by atoms with Crippen molar-refractivity contribution in [1.82, 2.24) is 20.3 Å².